The van der Waals surface area contributed by atoms with E-state index in [4.69, 9.17) is 16.3 Å². The third-order valence-electron chi connectivity index (χ3n) is 6.09. The lowest BCUT2D eigenvalue weighted by molar-refractivity contribution is -0.138. The quantitative estimate of drug-likeness (QED) is 0.352. The van der Waals surface area contributed by atoms with Gasteiger partial charge in [0.2, 0.25) is 0 Å². The van der Waals surface area contributed by atoms with E-state index in [0.717, 1.165) is 23.0 Å². The Kier molecular flexibility index (Phi) is 5.59. The summed E-state index contributed by atoms with van der Waals surface area (Å²) < 4.78 is 50.7. The summed E-state index contributed by atoms with van der Waals surface area (Å²) in [5, 5.41) is 8.75. The molecule has 0 amide bonds. The first kappa shape index (κ1) is 22.5. The van der Waals surface area contributed by atoms with Crippen molar-refractivity contribution in [2.75, 3.05) is 7.11 Å². The van der Waals surface area contributed by atoms with Crippen LogP contribution in [0.5, 0.6) is 5.75 Å². The van der Waals surface area contributed by atoms with E-state index in [1.165, 1.54) is 12.1 Å². The molecule has 34 heavy (non-hydrogen) atoms. The van der Waals surface area contributed by atoms with Gasteiger partial charge in [-0.05, 0) is 55.7 Å². The van der Waals surface area contributed by atoms with Gasteiger partial charge in [0.05, 0.1) is 30.4 Å². The van der Waals surface area contributed by atoms with Crippen LogP contribution in [-0.2, 0) is 12.7 Å². The zero-order valence-electron chi connectivity index (χ0n) is 18.5. The summed E-state index contributed by atoms with van der Waals surface area (Å²) >= 11 is 5.88. The Hall–Kier alpha value is -3.33. The molecule has 1 aliphatic rings. The summed E-state index contributed by atoms with van der Waals surface area (Å²) in [4.78, 5) is 4.26. The van der Waals surface area contributed by atoms with E-state index in [9.17, 15) is 13.2 Å². The van der Waals surface area contributed by atoms with Gasteiger partial charge in [0.25, 0.3) is 0 Å². The van der Waals surface area contributed by atoms with Gasteiger partial charge in [0.1, 0.15) is 11.6 Å². The second kappa shape index (κ2) is 8.47. The van der Waals surface area contributed by atoms with Gasteiger partial charge in [-0.25, -0.2) is 4.98 Å². The second-order valence-electron chi connectivity index (χ2n) is 8.27. The van der Waals surface area contributed by atoms with Crippen LogP contribution in [0, 0.1) is 6.92 Å². The predicted octanol–water partition coefficient (Wildman–Crippen LogP) is 6.05. The van der Waals surface area contributed by atoms with Crippen molar-refractivity contribution in [2.24, 2.45) is 0 Å². The van der Waals surface area contributed by atoms with Crippen LogP contribution in [0.4, 0.5) is 13.2 Å². The van der Waals surface area contributed by atoms with E-state index in [1.54, 1.807) is 13.4 Å². The van der Waals surface area contributed by atoms with Gasteiger partial charge >= 0.3 is 6.18 Å². The van der Waals surface area contributed by atoms with Gasteiger partial charge in [-0.3, -0.25) is 0 Å². The molecule has 4 aromatic rings. The summed E-state index contributed by atoms with van der Waals surface area (Å²) in [6, 6.07) is 9.58. The fourth-order valence-electron chi connectivity index (χ4n) is 4.54. The average molecular weight is 488 g/mol. The lowest BCUT2D eigenvalue weighted by Crippen LogP contribution is -2.21. The van der Waals surface area contributed by atoms with Gasteiger partial charge < -0.3 is 13.9 Å². The molecule has 0 N–H and O–H groups in total. The number of rotatable bonds is 4. The molecule has 2 aromatic carbocycles. The van der Waals surface area contributed by atoms with Crippen molar-refractivity contribution in [1.82, 2.24) is 24.3 Å². The molecule has 0 bridgehead atoms. The third-order valence-corrected chi connectivity index (χ3v) is 6.32. The number of benzene rings is 2. The smallest absolute Gasteiger partial charge is 0.416 e. The van der Waals surface area contributed by atoms with Crippen molar-refractivity contribution in [3.63, 3.8) is 0 Å². The third kappa shape index (κ3) is 3.94. The molecule has 1 atom stereocenters. The van der Waals surface area contributed by atoms with Crippen LogP contribution in [0.2, 0.25) is 5.02 Å². The molecule has 1 unspecified atom stereocenters. The monoisotopic (exact) mass is 487 g/mol. The number of nitrogens with zero attached hydrogens (tertiary/aromatic N) is 5. The molecular weight excluding hydrogens is 467 g/mol. The minimum Gasteiger partial charge on any atom is -0.495 e. The molecule has 0 radical (unpaired) electrons. The summed E-state index contributed by atoms with van der Waals surface area (Å²) in [7, 11) is 1.58. The molecule has 0 spiro atoms. The maximum Gasteiger partial charge on any atom is 0.416 e. The van der Waals surface area contributed by atoms with Crippen molar-refractivity contribution in [3.05, 3.63) is 76.6 Å². The lowest BCUT2D eigenvalue weighted by Gasteiger charge is -2.26. The Morgan fingerprint density at radius 3 is 2.65 bits per heavy atom. The standard InChI is InChI=1S/C24H21ClF3N5O/c1-14-12-32(13-29-14)20-8-5-15(10-21(20)34-2)22-30-31-23-18(4-3-9-33(22)23)17-7-6-16(25)11-19(17)24(26,27)28/h5-8,10-13,18H,3-4,9H2,1-2H3. The molecule has 10 heteroatoms. The van der Waals surface area contributed by atoms with Crippen molar-refractivity contribution >= 4 is 11.6 Å². The van der Waals surface area contributed by atoms with Crippen LogP contribution in [0.15, 0.2) is 48.9 Å². The molecule has 6 nitrogen and oxygen atoms in total. The highest BCUT2D eigenvalue weighted by Gasteiger charge is 2.38. The van der Waals surface area contributed by atoms with E-state index in [2.05, 4.69) is 15.2 Å². The molecule has 2 aromatic heterocycles. The van der Waals surface area contributed by atoms with Crippen LogP contribution in [0.3, 0.4) is 0 Å². The normalized spacial score (nSPS) is 15.9. The van der Waals surface area contributed by atoms with Crippen LogP contribution in [0.1, 0.15) is 41.4 Å². The molecule has 5 rings (SSSR count). The molecule has 0 saturated carbocycles. The zero-order chi connectivity index (χ0) is 24.0. The number of alkyl halides is 3. The number of aryl methyl sites for hydroxylation is 1. The Morgan fingerprint density at radius 2 is 1.94 bits per heavy atom. The summed E-state index contributed by atoms with van der Waals surface area (Å²) in [5.41, 5.74) is 1.90. The molecule has 0 saturated heterocycles. The number of methoxy groups -OCH3 is 1. The first-order valence-corrected chi connectivity index (χ1v) is 11.1. The highest BCUT2D eigenvalue weighted by molar-refractivity contribution is 6.30. The number of imidazole rings is 1. The molecule has 0 fully saturated rings. The minimum absolute atomic E-state index is 0.0503. The highest BCUT2D eigenvalue weighted by Crippen LogP contribution is 2.42. The van der Waals surface area contributed by atoms with E-state index >= 15 is 0 Å². The minimum atomic E-state index is -4.51. The van der Waals surface area contributed by atoms with E-state index in [-0.39, 0.29) is 10.6 Å². The maximum atomic E-state index is 13.8. The number of hydrogen-bond donors (Lipinski definition) is 0. The van der Waals surface area contributed by atoms with Crippen molar-refractivity contribution in [3.8, 4) is 22.8 Å². The van der Waals surface area contributed by atoms with E-state index < -0.39 is 17.7 Å². The average Bonchev–Trinajstić information content (AvgIpc) is 3.44. The lowest BCUT2D eigenvalue weighted by atomic mass is 9.87. The summed E-state index contributed by atoms with van der Waals surface area (Å²) in [6.45, 7) is 2.52. The number of halogens is 4. The fourth-order valence-corrected chi connectivity index (χ4v) is 4.72. The first-order chi connectivity index (χ1) is 16.3. The fraction of sp³-hybridized carbons (Fsp3) is 0.292. The molecule has 176 valence electrons. The van der Waals surface area contributed by atoms with Gasteiger partial charge in [-0.15, -0.1) is 10.2 Å². The number of ether oxygens (including phenoxy) is 1. The Balaban J connectivity index is 1.57. The van der Waals surface area contributed by atoms with Crippen LogP contribution in [-0.4, -0.2) is 31.4 Å². The number of fused-ring (bicyclic) bond motifs is 1. The Labute approximate surface area is 199 Å². The molecule has 3 heterocycles. The van der Waals surface area contributed by atoms with Crippen LogP contribution < -0.4 is 4.74 Å². The van der Waals surface area contributed by atoms with Gasteiger partial charge in [0.15, 0.2) is 5.82 Å². The largest absolute Gasteiger partial charge is 0.495 e. The SMILES string of the molecule is COc1cc(-c2nnc3n2CCCC3c2ccc(Cl)cc2C(F)(F)F)ccc1-n1cnc(C)c1. The molecular formula is C24H21ClF3N5O. The maximum absolute atomic E-state index is 13.8. The predicted molar refractivity (Wildman–Crippen MR) is 121 cm³/mol. The Bertz CT molecular complexity index is 1360. The number of hydrogen-bond acceptors (Lipinski definition) is 4. The first-order valence-electron chi connectivity index (χ1n) is 10.8. The van der Waals surface area contributed by atoms with Crippen molar-refractivity contribution in [1.29, 1.82) is 0 Å². The molecule has 1 aliphatic heterocycles. The van der Waals surface area contributed by atoms with Gasteiger partial charge in [0, 0.05) is 29.2 Å². The summed E-state index contributed by atoms with van der Waals surface area (Å²) in [6.07, 6.45) is 0.337. The highest BCUT2D eigenvalue weighted by atomic mass is 35.5. The van der Waals surface area contributed by atoms with Crippen LogP contribution in [0.25, 0.3) is 17.1 Å². The van der Waals surface area contributed by atoms with Crippen molar-refractivity contribution in [2.45, 2.75) is 38.4 Å². The summed E-state index contributed by atoms with van der Waals surface area (Å²) in [5.74, 6) is 1.20. The topological polar surface area (TPSA) is 57.8 Å². The van der Waals surface area contributed by atoms with E-state index in [0.29, 0.717) is 36.8 Å². The molecule has 0 aliphatic carbocycles. The van der Waals surface area contributed by atoms with Gasteiger partial charge in [-0.2, -0.15) is 13.2 Å². The van der Waals surface area contributed by atoms with Crippen molar-refractivity contribution < 1.29 is 17.9 Å². The second-order valence-corrected chi connectivity index (χ2v) is 8.70. The van der Waals surface area contributed by atoms with E-state index in [1.807, 2.05) is 40.5 Å². The van der Waals surface area contributed by atoms with Gasteiger partial charge in [-0.1, -0.05) is 17.7 Å². The van der Waals surface area contributed by atoms with Crippen LogP contribution >= 0.6 is 11.6 Å². The Morgan fingerprint density at radius 1 is 1.12 bits per heavy atom. The zero-order valence-corrected chi connectivity index (χ0v) is 19.2. The number of aromatic nitrogens is 5.